The van der Waals surface area contributed by atoms with Gasteiger partial charge in [0.05, 0.1) is 10.4 Å². The van der Waals surface area contributed by atoms with Crippen molar-refractivity contribution < 1.29 is 9.59 Å². The second-order valence-electron chi connectivity index (χ2n) is 6.86. The summed E-state index contributed by atoms with van der Waals surface area (Å²) in [5.74, 6) is -0.338. The van der Waals surface area contributed by atoms with E-state index in [-0.39, 0.29) is 11.7 Å². The number of hydrogen-bond donors (Lipinski definition) is 1. The predicted molar refractivity (Wildman–Crippen MR) is 113 cm³/mol. The minimum absolute atomic E-state index is 0.113. The highest BCUT2D eigenvalue weighted by molar-refractivity contribution is 7.12. The molecule has 1 aliphatic heterocycles. The van der Waals surface area contributed by atoms with Crippen LogP contribution in [0, 0.1) is 0 Å². The average molecular weight is 391 g/mol. The minimum Gasteiger partial charge on any atom is -0.371 e. The molecule has 0 unspecified atom stereocenters. The van der Waals surface area contributed by atoms with Gasteiger partial charge in [-0.1, -0.05) is 42.5 Å². The van der Waals surface area contributed by atoms with Crippen LogP contribution in [-0.4, -0.2) is 24.8 Å². The SMILES string of the molecule is O=C(NCc1ccccc1N1CCCC1)c1ccccc1C(=O)c1cccs1. The van der Waals surface area contributed by atoms with Gasteiger partial charge < -0.3 is 10.2 Å². The third kappa shape index (κ3) is 3.85. The maximum absolute atomic E-state index is 12.9. The molecule has 0 saturated carbocycles. The molecule has 1 aliphatic rings. The Labute approximate surface area is 168 Å². The van der Waals surface area contributed by atoms with Gasteiger partial charge in [-0.15, -0.1) is 11.3 Å². The van der Waals surface area contributed by atoms with Crippen molar-refractivity contribution in [1.82, 2.24) is 5.32 Å². The first-order valence-electron chi connectivity index (χ1n) is 9.52. The number of para-hydroxylation sites is 1. The van der Waals surface area contributed by atoms with Crippen LogP contribution in [0.3, 0.4) is 0 Å². The molecule has 0 spiro atoms. The normalized spacial score (nSPS) is 13.5. The zero-order valence-corrected chi connectivity index (χ0v) is 16.4. The Hall–Kier alpha value is -2.92. The van der Waals surface area contributed by atoms with E-state index in [1.165, 1.54) is 29.9 Å². The van der Waals surface area contributed by atoms with E-state index in [9.17, 15) is 9.59 Å². The number of ketones is 1. The number of amides is 1. The van der Waals surface area contributed by atoms with Gasteiger partial charge in [-0.05, 0) is 42.0 Å². The number of hydrogen-bond acceptors (Lipinski definition) is 4. The number of anilines is 1. The van der Waals surface area contributed by atoms with Crippen molar-refractivity contribution in [2.45, 2.75) is 19.4 Å². The second-order valence-corrected chi connectivity index (χ2v) is 7.81. The van der Waals surface area contributed by atoms with Crippen LogP contribution in [-0.2, 0) is 6.54 Å². The third-order valence-electron chi connectivity index (χ3n) is 5.04. The molecule has 0 radical (unpaired) electrons. The molecule has 28 heavy (non-hydrogen) atoms. The first-order valence-corrected chi connectivity index (χ1v) is 10.4. The highest BCUT2D eigenvalue weighted by atomic mass is 32.1. The molecule has 2 heterocycles. The molecule has 1 amide bonds. The molecule has 3 aromatic rings. The van der Waals surface area contributed by atoms with E-state index in [0.29, 0.717) is 22.5 Å². The first kappa shape index (κ1) is 18.4. The summed E-state index contributed by atoms with van der Waals surface area (Å²) >= 11 is 1.39. The molecule has 2 aromatic carbocycles. The van der Waals surface area contributed by atoms with Gasteiger partial charge in [-0.3, -0.25) is 9.59 Å². The van der Waals surface area contributed by atoms with Crippen LogP contribution >= 0.6 is 11.3 Å². The lowest BCUT2D eigenvalue weighted by Crippen LogP contribution is -2.27. The van der Waals surface area contributed by atoms with Gasteiger partial charge in [0.1, 0.15) is 0 Å². The fourth-order valence-electron chi connectivity index (χ4n) is 3.62. The standard InChI is InChI=1S/C23H22N2O2S/c26-22(21-12-7-15-28-21)18-9-2-3-10-19(18)23(27)24-16-17-8-1-4-11-20(17)25-13-5-6-14-25/h1-4,7-12,15H,5-6,13-14,16H2,(H,24,27). The van der Waals surface area contributed by atoms with Crippen LogP contribution in [0.15, 0.2) is 66.0 Å². The highest BCUT2D eigenvalue weighted by Gasteiger charge is 2.20. The van der Waals surface area contributed by atoms with E-state index in [1.54, 1.807) is 30.3 Å². The Morgan fingerprint density at radius 3 is 2.36 bits per heavy atom. The lowest BCUT2D eigenvalue weighted by atomic mass is 10.0. The second kappa shape index (κ2) is 8.40. The first-order chi connectivity index (χ1) is 13.7. The molecule has 0 aliphatic carbocycles. The summed E-state index contributed by atoms with van der Waals surface area (Å²) < 4.78 is 0. The number of nitrogens with one attached hydrogen (secondary N) is 1. The molecular weight excluding hydrogens is 368 g/mol. The van der Waals surface area contributed by atoms with E-state index >= 15 is 0 Å². The maximum atomic E-state index is 12.9. The van der Waals surface area contributed by atoms with Gasteiger partial charge in [-0.2, -0.15) is 0 Å². The van der Waals surface area contributed by atoms with Crippen molar-refractivity contribution in [3.05, 3.63) is 87.6 Å². The summed E-state index contributed by atoms with van der Waals surface area (Å²) in [5.41, 5.74) is 3.14. The van der Waals surface area contributed by atoms with E-state index in [0.717, 1.165) is 18.7 Å². The van der Waals surface area contributed by atoms with Gasteiger partial charge in [0.15, 0.2) is 0 Å². The van der Waals surface area contributed by atoms with Crippen LogP contribution in [0.1, 0.15) is 44.0 Å². The van der Waals surface area contributed by atoms with Crippen molar-refractivity contribution in [2.75, 3.05) is 18.0 Å². The van der Waals surface area contributed by atoms with E-state index in [1.807, 2.05) is 23.6 Å². The molecule has 0 bridgehead atoms. The van der Waals surface area contributed by atoms with Gasteiger partial charge in [0.25, 0.3) is 5.91 Å². The number of rotatable bonds is 6. The third-order valence-corrected chi connectivity index (χ3v) is 5.91. The van der Waals surface area contributed by atoms with Crippen molar-refractivity contribution in [3.63, 3.8) is 0 Å². The Bertz CT molecular complexity index is 976. The van der Waals surface area contributed by atoms with Crippen molar-refractivity contribution in [3.8, 4) is 0 Å². The van der Waals surface area contributed by atoms with Gasteiger partial charge >= 0.3 is 0 Å². The zero-order chi connectivity index (χ0) is 19.3. The van der Waals surface area contributed by atoms with Crippen molar-refractivity contribution in [1.29, 1.82) is 0 Å². The summed E-state index contributed by atoms with van der Waals surface area (Å²) in [6.07, 6.45) is 2.41. The highest BCUT2D eigenvalue weighted by Crippen LogP contribution is 2.24. The van der Waals surface area contributed by atoms with Crippen LogP contribution in [0.4, 0.5) is 5.69 Å². The number of thiophene rings is 1. The molecule has 4 rings (SSSR count). The number of nitrogens with zero attached hydrogens (tertiary/aromatic N) is 1. The summed E-state index contributed by atoms with van der Waals surface area (Å²) in [6.45, 7) is 2.55. The number of carbonyl (C=O) groups excluding carboxylic acids is 2. The lowest BCUT2D eigenvalue weighted by Gasteiger charge is -2.21. The minimum atomic E-state index is -0.225. The van der Waals surface area contributed by atoms with Gasteiger partial charge in [0.2, 0.25) is 5.78 Å². The molecule has 4 nitrogen and oxygen atoms in total. The monoisotopic (exact) mass is 390 g/mol. The Morgan fingerprint density at radius 1 is 0.893 bits per heavy atom. The Kier molecular flexibility index (Phi) is 5.53. The molecule has 1 fully saturated rings. The Morgan fingerprint density at radius 2 is 1.61 bits per heavy atom. The van der Waals surface area contributed by atoms with Crippen LogP contribution in [0.5, 0.6) is 0 Å². The average Bonchev–Trinajstić information content (AvgIpc) is 3.46. The molecule has 0 atom stereocenters. The summed E-state index contributed by atoms with van der Waals surface area (Å²) in [4.78, 5) is 28.6. The fourth-order valence-corrected chi connectivity index (χ4v) is 4.30. The van der Waals surface area contributed by atoms with E-state index in [4.69, 9.17) is 0 Å². The Balaban J connectivity index is 1.52. The molecular formula is C23H22N2O2S. The molecule has 1 aromatic heterocycles. The number of carbonyl (C=O) groups is 2. The van der Waals surface area contributed by atoms with Crippen LogP contribution in [0.25, 0.3) is 0 Å². The zero-order valence-electron chi connectivity index (χ0n) is 15.6. The van der Waals surface area contributed by atoms with E-state index < -0.39 is 0 Å². The lowest BCUT2D eigenvalue weighted by molar-refractivity contribution is 0.0940. The molecule has 5 heteroatoms. The van der Waals surface area contributed by atoms with Gasteiger partial charge in [-0.25, -0.2) is 0 Å². The molecule has 1 N–H and O–H groups in total. The molecule has 1 saturated heterocycles. The fraction of sp³-hybridized carbons (Fsp3) is 0.217. The quantitative estimate of drug-likeness (QED) is 0.630. The topological polar surface area (TPSA) is 49.4 Å². The summed E-state index contributed by atoms with van der Waals surface area (Å²) in [7, 11) is 0. The van der Waals surface area contributed by atoms with E-state index in [2.05, 4.69) is 22.3 Å². The predicted octanol–water partition coefficient (Wildman–Crippen LogP) is 4.51. The molecule has 142 valence electrons. The largest absolute Gasteiger partial charge is 0.371 e. The van der Waals surface area contributed by atoms with Crippen LogP contribution in [0.2, 0.25) is 0 Å². The van der Waals surface area contributed by atoms with Gasteiger partial charge in [0, 0.05) is 30.9 Å². The number of benzene rings is 2. The van der Waals surface area contributed by atoms with Crippen LogP contribution < -0.4 is 10.2 Å². The van der Waals surface area contributed by atoms with Crippen molar-refractivity contribution >= 4 is 28.7 Å². The van der Waals surface area contributed by atoms with Crippen molar-refractivity contribution in [2.24, 2.45) is 0 Å². The maximum Gasteiger partial charge on any atom is 0.252 e. The smallest absolute Gasteiger partial charge is 0.252 e. The summed E-state index contributed by atoms with van der Waals surface area (Å²) in [6, 6.07) is 18.8. The summed E-state index contributed by atoms with van der Waals surface area (Å²) in [5, 5.41) is 4.87.